The molecule has 0 amide bonds. The first-order valence-corrected chi connectivity index (χ1v) is 8.69. The van der Waals surface area contributed by atoms with Crippen LogP contribution in [-0.2, 0) is 19.1 Å². The van der Waals surface area contributed by atoms with Crippen molar-refractivity contribution >= 4 is 24.2 Å². The summed E-state index contributed by atoms with van der Waals surface area (Å²) >= 11 is 0. The van der Waals surface area contributed by atoms with E-state index in [1.54, 1.807) is 14.0 Å². The summed E-state index contributed by atoms with van der Waals surface area (Å²) in [6.07, 6.45) is 9.09. The summed E-state index contributed by atoms with van der Waals surface area (Å²) in [5.74, 6) is 0.575. The van der Waals surface area contributed by atoms with Crippen LogP contribution in [0.4, 0.5) is 0 Å². The standard InChI is InChI=1S/C19H25NO4.ClH/c1-3-24-19(22)17-12-20(9-7-18(17)21)8-6-14-10-13-4-5-15(23-2)11-16(13)14;/h5-6,11,13,17H,3-4,7-10,12H2,1-2H3;1H. The van der Waals surface area contributed by atoms with Crippen LogP contribution >= 0.6 is 12.4 Å². The van der Waals surface area contributed by atoms with Gasteiger partial charge in [0.25, 0.3) is 0 Å². The van der Waals surface area contributed by atoms with Crippen molar-refractivity contribution in [1.82, 2.24) is 4.90 Å². The fraction of sp³-hybridized carbons (Fsp3) is 0.579. The first kappa shape index (κ1) is 19.7. The van der Waals surface area contributed by atoms with Gasteiger partial charge in [-0.05, 0) is 49.0 Å². The predicted molar refractivity (Wildman–Crippen MR) is 97.4 cm³/mol. The van der Waals surface area contributed by atoms with Crippen LogP contribution in [0, 0.1) is 11.8 Å². The van der Waals surface area contributed by atoms with E-state index in [2.05, 4.69) is 23.1 Å². The first-order valence-electron chi connectivity index (χ1n) is 8.69. The van der Waals surface area contributed by atoms with Crippen LogP contribution in [0.3, 0.4) is 0 Å². The Morgan fingerprint density at radius 1 is 1.44 bits per heavy atom. The van der Waals surface area contributed by atoms with Crippen molar-refractivity contribution in [3.63, 3.8) is 0 Å². The highest BCUT2D eigenvalue weighted by Crippen LogP contribution is 2.44. The van der Waals surface area contributed by atoms with Gasteiger partial charge in [0.15, 0.2) is 0 Å². The number of likely N-dealkylation sites (tertiary alicyclic amines) is 1. The summed E-state index contributed by atoms with van der Waals surface area (Å²) in [4.78, 5) is 26.0. The molecule has 1 saturated heterocycles. The zero-order valence-corrected chi connectivity index (χ0v) is 15.6. The van der Waals surface area contributed by atoms with Gasteiger partial charge in [-0.2, -0.15) is 0 Å². The number of ketones is 1. The van der Waals surface area contributed by atoms with Crippen molar-refractivity contribution in [1.29, 1.82) is 0 Å². The molecule has 138 valence electrons. The molecule has 0 bridgehead atoms. The van der Waals surface area contributed by atoms with Gasteiger partial charge in [0.05, 0.1) is 13.7 Å². The number of carbonyl (C=O) groups is 2. The minimum atomic E-state index is -0.622. The summed E-state index contributed by atoms with van der Waals surface area (Å²) in [5.41, 5.74) is 2.75. The number of hydrogen-bond donors (Lipinski definition) is 0. The SMILES string of the molecule is CCOC(=O)C1CN(CC=C2CC3CC=C(OC)C=C23)CCC1=O.Cl. The van der Waals surface area contributed by atoms with E-state index in [-0.39, 0.29) is 24.2 Å². The van der Waals surface area contributed by atoms with Crippen LogP contribution < -0.4 is 0 Å². The average molecular weight is 368 g/mol. The van der Waals surface area contributed by atoms with E-state index in [0.29, 0.717) is 32.0 Å². The topological polar surface area (TPSA) is 55.8 Å². The summed E-state index contributed by atoms with van der Waals surface area (Å²) in [7, 11) is 1.70. The molecule has 0 aromatic rings. The molecule has 2 aliphatic carbocycles. The minimum Gasteiger partial charge on any atom is -0.497 e. The van der Waals surface area contributed by atoms with Crippen molar-refractivity contribution in [2.45, 2.75) is 26.2 Å². The molecule has 5 nitrogen and oxygen atoms in total. The average Bonchev–Trinajstić information content (AvgIpc) is 2.57. The van der Waals surface area contributed by atoms with Crippen LogP contribution in [0.1, 0.15) is 26.2 Å². The fourth-order valence-electron chi connectivity index (χ4n) is 3.61. The lowest BCUT2D eigenvalue weighted by atomic mass is 9.70. The Hall–Kier alpha value is -1.59. The third-order valence-electron chi connectivity index (χ3n) is 5.08. The number of ether oxygens (including phenoxy) is 2. The van der Waals surface area contributed by atoms with Crippen molar-refractivity contribution in [2.24, 2.45) is 11.8 Å². The van der Waals surface area contributed by atoms with E-state index in [9.17, 15) is 9.59 Å². The van der Waals surface area contributed by atoms with Crippen LogP contribution in [0.2, 0.25) is 0 Å². The predicted octanol–water partition coefficient (Wildman–Crippen LogP) is 2.67. The Bertz CT molecular complexity index is 623. The normalized spacial score (nSPS) is 27.4. The molecular weight excluding hydrogens is 342 g/mol. The van der Waals surface area contributed by atoms with Crippen molar-refractivity contribution in [3.8, 4) is 0 Å². The van der Waals surface area contributed by atoms with E-state index in [4.69, 9.17) is 9.47 Å². The lowest BCUT2D eigenvalue weighted by molar-refractivity contribution is -0.153. The van der Waals surface area contributed by atoms with Gasteiger partial charge in [-0.15, -0.1) is 12.4 Å². The number of piperidine rings is 1. The molecule has 2 unspecified atom stereocenters. The van der Waals surface area contributed by atoms with Crippen LogP contribution in [-0.4, -0.2) is 50.0 Å². The molecule has 1 saturated carbocycles. The Morgan fingerprint density at radius 3 is 2.96 bits per heavy atom. The maximum absolute atomic E-state index is 11.9. The number of nitrogens with zero attached hydrogens (tertiary/aromatic N) is 1. The van der Waals surface area contributed by atoms with Crippen molar-refractivity contribution in [2.75, 3.05) is 33.4 Å². The van der Waals surface area contributed by atoms with Gasteiger partial charge in [-0.25, -0.2) is 0 Å². The quantitative estimate of drug-likeness (QED) is 0.552. The second-order valence-electron chi connectivity index (χ2n) is 6.56. The Morgan fingerprint density at radius 2 is 2.24 bits per heavy atom. The van der Waals surface area contributed by atoms with Gasteiger partial charge in [-0.3, -0.25) is 14.5 Å². The molecule has 3 aliphatic rings. The maximum atomic E-state index is 11.9. The molecule has 1 aliphatic heterocycles. The Labute approximate surface area is 155 Å². The summed E-state index contributed by atoms with van der Waals surface area (Å²) in [6.45, 7) is 4.03. The van der Waals surface area contributed by atoms with E-state index in [1.165, 1.54) is 11.1 Å². The second kappa shape index (κ2) is 8.68. The highest BCUT2D eigenvalue weighted by molar-refractivity contribution is 5.99. The number of halogens is 1. The van der Waals surface area contributed by atoms with Gasteiger partial charge in [-0.1, -0.05) is 6.08 Å². The molecule has 2 fully saturated rings. The Balaban J connectivity index is 0.00000225. The molecule has 0 N–H and O–H groups in total. The number of fused-ring (bicyclic) bond motifs is 1. The van der Waals surface area contributed by atoms with Gasteiger partial charge in [0.1, 0.15) is 17.5 Å². The van der Waals surface area contributed by atoms with Crippen LogP contribution in [0.25, 0.3) is 0 Å². The largest absolute Gasteiger partial charge is 0.497 e. The van der Waals surface area contributed by atoms with Gasteiger partial charge >= 0.3 is 5.97 Å². The first-order chi connectivity index (χ1) is 11.6. The number of Topliss-reactive ketones (excluding diaryl/α,β-unsaturated/α-hetero) is 1. The monoisotopic (exact) mass is 367 g/mol. The fourth-order valence-corrected chi connectivity index (χ4v) is 3.61. The molecule has 6 heteroatoms. The van der Waals surface area contributed by atoms with Gasteiger partial charge in [0.2, 0.25) is 0 Å². The molecular formula is C19H26ClNO4. The smallest absolute Gasteiger partial charge is 0.317 e. The minimum absolute atomic E-state index is 0. The number of allylic oxidation sites excluding steroid dienone is 4. The second-order valence-corrected chi connectivity index (χ2v) is 6.56. The molecule has 0 aromatic heterocycles. The molecule has 2 atom stereocenters. The number of carbonyl (C=O) groups excluding carboxylic acids is 2. The molecule has 0 aromatic carbocycles. The highest BCUT2D eigenvalue weighted by atomic mass is 35.5. The van der Waals surface area contributed by atoms with Crippen molar-refractivity contribution in [3.05, 3.63) is 35.1 Å². The number of esters is 1. The maximum Gasteiger partial charge on any atom is 0.317 e. The zero-order valence-electron chi connectivity index (χ0n) is 14.8. The Kier molecular flexibility index (Phi) is 6.85. The third-order valence-corrected chi connectivity index (χ3v) is 5.08. The van der Waals surface area contributed by atoms with Crippen LogP contribution in [0.15, 0.2) is 35.1 Å². The summed E-state index contributed by atoms with van der Waals surface area (Å²) in [5, 5.41) is 0. The molecule has 0 radical (unpaired) electrons. The molecule has 1 heterocycles. The van der Waals surface area contributed by atoms with Gasteiger partial charge < -0.3 is 9.47 Å². The van der Waals surface area contributed by atoms with Gasteiger partial charge in [0, 0.05) is 26.1 Å². The molecule has 0 spiro atoms. The van der Waals surface area contributed by atoms with Crippen molar-refractivity contribution < 1.29 is 19.1 Å². The van der Waals surface area contributed by atoms with E-state index in [0.717, 1.165) is 25.1 Å². The van der Waals surface area contributed by atoms with Crippen LogP contribution in [0.5, 0.6) is 0 Å². The lowest BCUT2D eigenvalue weighted by Crippen LogP contribution is -2.45. The van der Waals surface area contributed by atoms with E-state index < -0.39 is 5.92 Å². The highest BCUT2D eigenvalue weighted by Gasteiger charge is 2.34. The number of rotatable bonds is 5. The molecule has 25 heavy (non-hydrogen) atoms. The summed E-state index contributed by atoms with van der Waals surface area (Å²) in [6, 6.07) is 0. The number of hydrogen-bond acceptors (Lipinski definition) is 5. The lowest BCUT2D eigenvalue weighted by Gasteiger charge is -2.36. The number of methoxy groups -OCH3 is 1. The zero-order chi connectivity index (χ0) is 17.1. The summed E-state index contributed by atoms with van der Waals surface area (Å²) < 4.78 is 10.3. The van der Waals surface area contributed by atoms with E-state index in [1.807, 2.05) is 0 Å². The molecule has 3 rings (SSSR count). The third kappa shape index (κ3) is 4.33. The van der Waals surface area contributed by atoms with E-state index >= 15 is 0 Å².